The first-order chi connectivity index (χ1) is 11.9. The highest BCUT2D eigenvalue weighted by Gasteiger charge is 2.19. The Morgan fingerprint density at radius 1 is 1.20 bits per heavy atom. The van der Waals surface area contributed by atoms with Gasteiger partial charge in [-0.25, -0.2) is 13.5 Å². The van der Waals surface area contributed by atoms with E-state index in [0.717, 1.165) is 48.1 Å². The van der Waals surface area contributed by atoms with E-state index in [1.165, 1.54) is 0 Å². The molecule has 1 aliphatic carbocycles. The summed E-state index contributed by atoms with van der Waals surface area (Å²) in [5.41, 5.74) is 4.20. The number of hydrogen-bond acceptors (Lipinski definition) is 4. The number of nitrogens with zero attached hydrogens (tertiary/aromatic N) is 1. The van der Waals surface area contributed by atoms with Crippen LogP contribution in [0.15, 0.2) is 29.1 Å². The minimum absolute atomic E-state index is 0.0862. The number of sulfonamides is 1. The van der Waals surface area contributed by atoms with Crippen molar-refractivity contribution in [3.05, 3.63) is 57.0 Å². The summed E-state index contributed by atoms with van der Waals surface area (Å²) < 4.78 is 26.7. The zero-order valence-electron chi connectivity index (χ0n) is 14.5. The highest BCUT2D eigenvalue weighted by molar-refractivity contribution is 7.93. The van der Waals surface area contributed by atoms with Crippen LogP contribution >= 0.6 is 0 Å². The predicted octanol–water partition coefficient (Wildman–Crippen LogP) is 2.39. The molecule has 0 saturated heterocycles. The maximum atomic E-state index is 12.0. The summed E-state index contributed by atoms with van der Waals surface area (Å²) in [6.45, 7) is 3.28. The Bertz CT molecular complexity index is 933. The molecule has 0 saturated carbocycles. The first-order valence-corrected chi connectivity index (χ1v) is 10.1. The first kappa shape index (κ1) is 17.7. The van der Waals surface area contributed by atoms with Crippen molar-refractivity contribution in [3.8, 4) is 0 Å². The van der Waals surface area contributed by atoms with Gasteiger partial charge in [0, 0.05) is 17.7 Å². The van der Waals surface area contributed by atoms with Crippen LogP contribution < -0.4 is 10.3 Å². The molecule has 25 heavy (non-hydrogen) atoms. The lowest BCUT2D eigenvalue weighted by atomic mass is 9.90. The number of fused-ring (bicyclic) bond motifs is 1. The minimum atomic E-state index is -3.37. The van der Waals surface area contributed by atoms with E-state index in [2.05, 4.69) is 14.9 Å². The molecule has 0 fully saturated rings. The second-order valence-electron chi connectivity index (χ2n) is 6.74. The van der Waals surface area contributed by atoms with Crippen molar-refractivity contribution in [1.82, 2.24) is 10.2 Å². The van der Waals surface area contributed by atoms with Crippen LogP contribution in [0.25, 0.3) is 0 Å². The van der Waals surface area contributed by atoms with Crippen LogP contribution in [0.5, 0.6) is 0 Å². The van der Waals surface area contributed by atoms with Gasteiger partial charge in [0.05, 0.1) is 10.9 Å². The quantitative estimate of drug-likeness (QED) is 0.855. The normalized spacial score (nSPS) is 14.4. The summed E-state index contributed by atoms with van der Waals surface area (Å²) in [5.74, 6) is 0. The van der Waals surface area contributed by atoms with Gasteiger partial charge in [-0.15, -0.1) is 0 Å². The Labute approximate surface area is 147 Å². The number of nitrogens with one attached hydrogen (secondary N) is 2. The summed E-state index contributed by atoms with van der Waals surface area (Å²) in [7, 11) is -3.37. The van der Waals surface area contributed by atoms with Crippen LogP contribution in [0.4, 0.5) is 5.69 Å². The molecule has 0 spiro atoms. The van der Waals surface area contributed by atoms with Gasteiger partial charge in [-0.2, -0.15) is 5.10 Å². The van der Waals surface area contributed by atoms with Crippen LogP contribution in [0.3, 0.4) is 0 Å². The van der Waals surface area contributed by atoms with E-state index in [4.69, 9.17) is 0 Å². The van der Waals surface area contributed by atoms with Gasteiger partial charge >= 0.3 is 0 Å². The molecule has 0 bridgehead atoms. The van der Waals surface area contributed by atoms with E-state index in [1.54, 1.807) is 19.9 Å². The Morgan fingerprint density at radius 3 is 2.64 bits per heavy atom. The van der Waals surface area contributed by atoms with Crippen molar-refractivity contribution < 1.29 is 8.42 Å². The Hall–Kier alpha value is -2.15. The van der Waals surface area contributed by atoms with Gasteiger partial charge in [-0.3, -0.25) is 9.52 Å². The van der Waals surface area contributed by atoms with Gasteiger partial charge in [-0.1, -0.05) is 12.1 Å². The molecule has 2 aromatic rings. The van der Waals surface area contributed by atoms with Gasteiger partial charge in [0.2, 0.25) is 10.0 Å². The molecule has 1 aliphatic rings. The van der Waals surface area contributed by atoms with Crippen molar-refractivity contribution in [2.24, 2.45) is 0 Å². The number of rotatable bonds is 5. The average molecular weight is 361 g/mol. The first-order valence-electron chi connectivity index (χ1n) is 8.56. The number of aromatic nitrogens is 2. The zero-order chi connectivity index (χ0) is 18.0. The topological polar surface area (TPSA) is 91.9 Å². The number of hydrogen-bond donors (Lipinski definition) is 2. The average Bonchev–Trinajstić information content (AvgIpc) is 2.57. The zero-order valence-corrected chi connectivity index (χ0v) is 15.3. The molecule has 0 amide bonds. The summed E-state index contributed by atoms with van der Waals surface area (Å²) in [4.78, 5) is 11.9. The lowest BCUT2D eigenvalue weighted by Gasteiger charge is -2.17. The van der Waals surface area contributed by atoms with E-state index < -0.39 is 15.3 Å². The minimum Gasteiger partial charge on any atom is -0.283 e. The number of H-pyrrole nitrogens is 1. The molecule has 0 radical (unpaired) electrons. The van der Waals surface area contributed by atoms with E-state index in [1.807, 2.05) is 18.2 Å². The smallest absolute Gasteiger partial charge is 0.267 e. The Kier molecular flexibility index (Phi) is 4.94. The SMILES string of the molecule is CC(C)S(=O)(=O)Nc1cccc(Cc2n[nH]c(=O)c3c2CCCC3)c1. The number of benzene rings is 1. The lowest BCUT2D eigenvalue weighted by molar-refractivity contribution is 0.593. The maximum absolute atomic E-state index is 12.0. The van der Waals surface area contributed by atoms with Crippen molar-refractivity contribution in [2.75, 3.05) is 4.72 Å². The molecule has 1 aromatic carbocycles. The Morgan fingerprint density at radius 2 is 1.92 bits per heavy atom. The number of anilines is 1. The third kappa shape index (κ3) is 3.92. The molecule has 3 rings (SSSR count). The van der Waals surface area contributed by atoms with Crippen LogP contribution in [0.2, 0.25) is 0 Å². The highest BCUT2D eigenvalue weighted by Crippen LogP contribution is 2.23. The monoisotopic (exact) mass is 361 g/mol. The lowest BCUT2D eigenvalue weighted by Crippen LogP contribution is -2.23. The molecule has 6 nitrogen and oxygen atoms in total. The highest BCUT2D eigenvalue weighted by atomic mass is 32.2. The fourth-order valence-electron chi connectivity index (χ4n) is 3.09. The fourth-order valence-corrected chi connectivity index (χ4v) is 3.79. The molecular weight excluding hydrogens is 338 g/mol. The van der Waals surface area contributed by atoms with E-state index in [-0.39, 0.29) is 5.56 Å². The van der Waals surface area contributed by atoms with Crippen LogP contribution in [-0.2, 0) is 29.3 Å². The maximum Gasteiger partial charge on any atom is 0.267 e. The molecule has 2 N–H and O–H groups in total. The van der Waals surface area contributed by atoms with Gasteiger partial charge in [-0.05, 0) is 62.8 Å². The van der Waals surface area contributed by atoms with Gasteiger partial charge in [0.25, 0.3) is 5.56 Å². The van der Waals surface area contributed by atoms with Gasteiger partial charge < -0.3 is 0 Å². The molecule has 0 atom stereocenters. The third-order valence-corrected chi connectivity index (χ3v) is 6.32. The van der Waals surface area contributed by atoms with Crippen LogP contribution in [0.1, 0.15) is 49.1 Å². The van der Waals surface area contributed by atoms with Crippen molar-refractivity contribution in [3.63, 3.8) is 0 Å². The van der Waals surface area contributed by atoms with E-state index in [9.17, 15) is 13.2 Å². The second kappa shape index (κ2) is 7.00. The Balaban J connectivity index is 1.88. The van der Waals surface area contributed by atoms with E-state index >= 15 is 0 Å². The van der Waals surface area contributed by atoms with E-state index in [0.29, 0.717) is 12.1 Å². The summed E-state index contributed by atoms with van der Waals surface area (Å²) in [6.07, 6.45) is 4.34. The van der Waals surface area contributed by atoms with Crippen molar-refractivity contribution >= 4 is 15.7 Å². The van der Waals surface area contributed by atoms with Crippen molar-refractivity contribution in [2.45, 2.75) is 51.2 Å². The molecule has 0 aliphatic heterocycles. The molecule has 134 valence electrons. The molecule has 1 heterocycles. The molecular formula is C18H23N3O3S. The molecule has 7 heteroatoms. The van der Waals surface area contributed by atoms with Crippen LogP contribution in [-0.4, -0.2) is 23.9 Å². The predicted molar refractivity (Wildman–Crippen MR) is 98.4 cm³/mol. The second-order valence-corrected chi connectivity index (χ2v) is 8.97. The largest absolute Gasteiger partial charge is 0.283 e. The fraction of sp³-hybridized carbons (Fsp3) is 0.444. The summed E-state index contributed by atoms with van der Waals surface area (Å²) >= 11 is 0. The standard InChI is InChI=1S/C18H23N3O3S/c1-12(2)25(23,24)21-14-7-5-6-13(10-14)11-17-15-8-3-4-9-16(15)18(22)20-19-17/h5-7,10,12,21H,3-4,8-9,11H2,1-2H3,(H,20,22). The molecule has 1 aromatic heterocycles. The summed E-state index contributed by atoms with van der Waals surface area (Å²) in [6, 6.07) is 7.32. The molecule has 0 unspecified atom stereocenters. The summed E-state index contributed by atoms with van der Waals surface area (Å²) in [5, 5.41) is 6.35. The van der Waals surface area contributed by atoms with Crippen LogP contribution in [0, 0.1) is 0 Å². The number of aromatic amines is 1. The van der Waals surface area contributed by atoms with Crippen molar-refractivity contribution in [1.29, 1.82) is 0 Å². The third-order valence-electron chi connectivity index (χ3n) is 4.56. The van der Waals surface area contributed by atoms with Gasteiger partial charge in [0.1, 0.15) is 0 Å². The van der Waals surface area contributed by atoms with Gasteiger partial charge in [0.15, 0.2) is 0 Å².